The maximum absolute atomic E-state index is 13.3. The lowest BCUT2D eigenvalue weighted by molar-refractivity contribution is -0.117. The van der Waals surface area contributed by atoms with Crippen LogP contribution < -0.4 is 0 Å². The quantitative estimate of drug-likeness (QED) is 0.865. The lowest BCUT2D eigenvalue weighted by atomic mass is 9.91. The molecule has 1 heterocycles. The summed E-state index contributed by atoms with van der Waals surface area (Å²) in [6.07, 6.45) is 2.86. The Hall–Kier alpha value is -1.81. The number of nitrogens with zero attached hydrogens (tertiary/aromatic N) is 2. The number of Topliss-reactive ketones (excluding diaryl/α,β-unsaturated/α-hetero) is 1. The highest BCUT2D eigenvalue weighted by Crippen LogP contribution is 2.25. The molecule has 0 saturated carbocycles. The highest BCUT2D eigenvalue weighted by molar-refractivity contribution is 6.29. The van der Waals surface area contributed by atoms with Crippen LogP contribution in [0.1, 0.15) is 29.7 Å². The van der Waals surface area contributed by atoms with Gasteiger partial charge in [-0.1, -0.05) is 23.7 Å². The van der Waals surface area contributed by atoms with Crippen molar-refractivity contribution < 1.29 is 9.18 Å². The summed E-state index contributed by atoms with van der Waals surface area (Å²) in [5.74, 6) is -0.931. The number of halogens is 2. The van der Waals surface area contributed by atoms with Crippen LogP contribution in [0.15, 0.2) is 30.6 Å². The molecule has 5 heteroatoms. The standard InChI is InChI=1S/C14H12ClFN2O/c1-8-5-10(3-4-11(8)16)14(9(2)19)12-6-18-13(15)7-17-12/h3-7,14H,1-2H3. The molecule has 1 atom stereocenters. The number of aryl methyl sites for hydroxylation is 1. The predicted octanol–water partition coefficient (Wildman–Crippen LogP) is 3.30. The van der Waals surface area contributed by atoms with Crippen molar-refractivity contribution in [2.75, 3.05) is 0 Å². The van der Waals surface area contributed by atoms with Gasteiger partial charge in [0.1, 0.15) is 16.8 Å². The van der Waals surface area contributed by atoms with Crippen LogP contribution in [0.4, 0.5) is 4.39 Å². The summed E-state index contributed by atoms with van der Waals surface area (Å²) in [6, 6.07) is 4.59. The average molecular weight is 279 g/mol. The monoisotopic (exact) mass is 278 g/mol. The Morgan fingerprint density at radius 2 is 2.05 bits per heavy atom. The zero-order valence-corrected chi connectivity index (χ0v) is 11.3. The highest BCUT2D eigenvalue weighted by atomic mass is 35.5. The number of hydrogen-bond acceptors (Lipinski definition) is 3. The minimum absolute atomic E-state index is 0.0809. The fourth-order valence-corrected chi connectivity index (χ4v) is 2.03. The van der Waals surface area contributed by atoms with Gasteiger partial charge in [-0.05, 0) is 31.0 Å². The van der Waals surface area contributed by atoms with E-state index >= 15 is 0 Å². The van der Waals surface area contributed by atoms with Gasteiger partial charge in [0.15, 0.2) is 0 Å². The van der Waals surface area contributed by atoms with Gasteiger partial charge in [-0.15, -0.1) is 0 Å². The Morgan fingerprint density at radius 3 is 2.58 bits per heavy atom. The molecule has 2 aromatic rings. The molecule has 0 aliphatic rings. The summed E-state index contributed by atoms with van der Waals surface area (Å²) < 4.78 is 13.3. The van der Waals surface area contributed by atoms with Gasteiger partial charge >= 0.3 is 0 Å². The second kappa shape index (κ2) is 5.45. The van der Waals surface area contributed by atoms with Gasteiger partial charge in [0.25, 0.3) is 0 Å². The van der Waals surface area contributed by atoms with Gasteiger partial charge < -0.3 is 0 Å². The Labute approximate surface area is 115 Å². The molecule has 0 saturated heterocycles. The number of carbonyl (C=O) groups is 1. The molecule has 0 bridgehead atoms. The highest BCUT2D eigenvalue weighted by Gasteiger charge is 2.21. The van der Waals surface area contributed by atoms with E-state index < -0.39 is 5.92 Å². The van der Waals surface area contributed by atoms with Crippen LogP contribution in [0.25, 0.3) is 0 Å². The molecule has 0 aliphatic heterocycles. The molecule has 1 aromatic carbocycles. The molecule has 0 spiro atoms. The molecule has 1 aromatic heterocycles. The van der Waals surface area contributed by atoms with E-state index in [2.05, 4.69) is 9.97 Å². The lowest BCUT2D eigenvalue weighted by Crippen LogP contribution is -2.13. The van der Waals surface area contributed by atoms with Crippen molar-refractivity contribution in [1.29, 1.82) is 0 Å². The maximum Gasteiger partial charge on any atom is 0.147 e. The molecule has 1 unspecified atom stereocenters. The van der Waals surface area contributed by atoms with Crippen molar-refractivity contribution in [2.24, 2.45) is 0 Å². The first-order valence-corrected chi connectivity index (χ1v) is 6.11. The topological polar surface area (TPSA) is 42.9 Å². The smallest absolute Gasteiger partial charge is 0.147 e. The van der Waals surface area contributed by atoms with Crippen molar-refractivity contribution in [1.82, 2.24) is 9.97 Å². The van der Waals surface area contributed by atoms with Crippen LogP contribution in [0, 0.1) is 12.7 Å². The van der Waals surface area contributed by atoms with E-state index in [0.29, 0.717) is 16.8 Å². The van der Waals surface area contributed by atoms with Crippen molar-refractivity contribution in [2.45, 2.75) is 19.8 Å². The maximum atomic E-state index is 13.3. The first kappa shape index (κ1) is 13.6. The van der Waals surface area contributed by atoms with Gasteiger partial charge in [0.2, 0.25) is 0 Å². The van der Waals surface area contributed by atoms with E-state index in [1.807, 2.05) is 0 Å². The number of rotatable bonds is 3. The predicted molar refractivity (Wildman–Crippen MR) is 70.7 cm³/mol. The van der Waals surface area contributed by atoms with E-state index in [-0.39, 0.29) is 16.8 Å². The van der Waals surface area contributed by atoms with Gasteiger partial charge in [-0.2, -0.15) is 0 Å². The fourth-order valence-electron chi connectivity index (χ4n) is 1.93. The summed E-state index contributed by atoms with van der Waals surface area (Å²) in [5.41, 5.74) is 1.69. The summed E-state index contributed by atoms with van der Waals surface area (Å²) in [6.45, 7) is 3.13. The lowest BCUT2D eigenvalue weighted by Gasteiger charge is -2.14. The van der Waals surface area contributed by atoms with Crippen LogP contribution in [0.2, 0.25) is 5.15 Å². The molecule has 98 valence electrons. The molecule has 19 heavy (non-hydrogen) atoms. The minimum Gasteiger partial charge on any atom is -0.299 e. The normalized spacial score (nSPS) is 12.2. The van der Waals surface area contributed by atoms with Crippen molar-refractivity contribution in [3.05, 3.63) is 58.4 Å². The van der Waals surface area contributed by atoms with Crippen molar-refractivity contribution >= 4 is 17.4 Å². The van der Waals surface area contributed by atoms with Gasteiger partial charge in [-0.3, -0.25) is 9.78 Å². The molecular weight excluding hydrogens is 267 g/mol. The molecule has 0 fully saturated rings. The van der Waals surface area contributed by atoms with Crippen LogP contribution in [-0.4, -0.2) is 15.8 Å². The second-order valence-corrected chi connectivity index (χ2v) is 4.70. The van der Waals surface area contributed by atoms with Crippen molar-refractivity contribution in [3.8, 4) is 0 Å². The summed E-state index contributed by atoms with van der Waals surface area (Å²) in [5, 5.41) is 0.265. The number of aromatic nitrogens is 2. The Kier molecular flexibility index (Phi) is 3.90. The van der Waals surface area contributed by atoms with Crippen LogP contribution in [-0.2, 0) is 4.79 Å². The van der Waals surface area contributed by atoms with Gasteiger partial charge in [0.05, 0.1) is 24.0 Å². The summed E-state index contributed by atoms with van der Waals surface area (Å²) >= 11 is 5.68. The Balaban J connectivity index is 2.48. The second-order valence-electron chi connectivity index (χ2n) is 4.32. The fraction of sp³-hybridized carbons (Fsp3) is 0.214. The molecule has 3 nitrogen and oxygen atoms in total. The largest absolute Gasteiger partial charge is 0.299 e. The van der Waals surface area contributed by atoms with Crippen LogP contribution in [0.5, 0.6) is 0 Å². The average Bonchev–Trinajstić information content (AvgIpc) is 2.36. The van der Waals surface area contributed by atoms with Gasteiger partial charge in [0, 0.05) is 0 Å². The molecule has 0 aliphatic carbocycles. The molecule has 0 amide bonds. The van der Waals surface area contributed by atoms with Crippen molar-refractivity contribution in [3.63, 3.8) is 0 Å². The van der Waals surface area contributed by atoms with E-state index in [1.54, 1.807) is 19.1 Å². The number of benzene rings is 1. The third-order valence-corrected chi connectivity index (χ3v) is 3.05. The third kappa shape index (κ3) is 2.96. The summed E-state index contributed by atoms with van der Waals surface area (Å²) in [7, 11) is 0. The third-order valence-electron chi connectivity index (χ3n) is 2.86. The van der Waals surface area contributed by atoms with Crippen LogP contribution >= 0.6 is 11.6 Å². The SMILES string of the molecule is CC(=O)C(c1ccc(F)c(C)c1)c1cnc(Cl)cn1. The molecule has 2 rings (SSSR count). The van der Waals surface area contributed by atoms with Gasteiger partial charge in [-0.25, -0.2) is 9.37 Å². The Morgan fingerprint density at radius 1 is 1.32 bits per heavy atom. The zero-order valence-electron chi connectivity index (χ0n) is 10.5. The Bertz CT molecular complexity index is 613. The zero-order chi connectivity index (χ0) is 14.0. The number of carbonyl (C=O) groups excluding carboxylic acids is 1. The van der Waals surface area contributed by atoms with E-state index in [9.17, 15) is 9.18 Å². The van der Waals surface area contributed by atoms with E-state index in [1.165, 1.54) is 25.4 Å². The number of ketones is 1. The minimum atomic E-state index is -0.552. The van der Waals surface area contributed by atoms with E-state index in [0.717, 1.165) is 0 Å². The van der Waals surface area contributed by atoms with Crippen LogP contribution in [0.3, 0.4) is 0 Å². The molecule has 0 N–H and O–H groups in total. The van der Waals surface area contributed by atoms with E-state index in [4.69, 9.17) is 11.6 Å². The number of hydrogen-bond donors (Lipinski definition) is 0. The molecular formula is C14H12ClFN2O. The molecule has 0 radical (unpaired) electrons. The first-order chi connectivity index (χ1) is 8.99. The summed E-state index contributed by atoms with van der Waals surface area (Å²) in [4.78, 5) is 19.9. The first-order valence-electron chi connectivity index (χ1n) is 5.73.